The summed E-state index contributed by atoms with van der Waals surface area (Å²) < 4.78 is 0. The Hall–Kier alpha value is -3.51. The predicted octanol–water partition coefficient (Wildman–Crippen LogP) is 5.62. The molecular formula is C28H31N5O. The summed E-state index contributed by atoms with van der Waals surface area (Å²) in [5.41, 5.74) is 4.57. The van der Waals surface area contributed by atoms with Crippen molar-refractivity contribution in [2.24, 2.45) is 0 Å². The van der Waals surface area contributed by atoms with Crippen LogP contribution < -0.4 is 10.9 Å². The normalized spacial score (nSPS) is 15.2. The number of anilines is 2. The minimum Gasteiger partial charge on any atom is -0.340 e. The number of aromatic nitrogens is 3. The molecule has 6 nitrogen and oxygen atoms in total. The van der Waals surface area contributed by atoms with Crippen molar-refractivity contribution in [1.29, 1.82) is 0 Å². The zero-order valence-electron chi connectivity index (χ0n) is 20.0. The number of benzene rings is 1. The lowest BCUT2D eigenvalue weighted by Crippen LogP contribution is -2.37. The molecule has 0 unspecified atom stereocenters. The van der Waals surface area contributed by atoms with Crippen LogP contribution in [0.2, 0.25) is 0 Å². The molecule has 0 bridgehead atoms. The zero-order chi connectivity index (χ0) is 23.7. The van der Waals surface area contributed by atoms with Crippen molar-refractivity contribution in [1.82, 2.24) is 19.9 Å². The van der Waals surface area contributed by atoms with Crippen molar-refractivity contribution in [2.45, 2.75) is 45.6 Å². The monoisotopic (exact) mass is 453 g/mol. The highest BCUT2D eigenvalue weighted by molar-refractivity contribution is 5.94. The summed E-state index contributed by atoms with van der Waals surface area (Å²) in [6.45, 7) is 8.81. The number of hydrogen-bond acceptors (Lipinski definition) is 5. The Morgan fingerprint density at radius 1 is 1.00 bits per heavy atom. The van der Waals surface area contributed by atoms with Gasteiger partial charge in [-0.15, -0.1) is 0 Å². The molecule has 1 aromatic carbocycles. The second-order valence-corrected chi connectivity index (χ2v) is 9.44. The molecule has 2 N–H and O–H groups in total. The maximum absolute atomic E-state index is 12.7. The number of aryl methyl sites for hydroxylation is 1. The molecule has 1 fully saturated rings. The molecule has 174 valence electrons. The number of nitrogens with one attached hydrogen (secondary N) is 2. The summed E-state index contributed by atoms with van der Waals surface area (Å²) in [7, 11) is 0. The number of nitrogens with zero attached hydrogens (tertiary/aromatic N) is 3. The number of fused-ring (bicyclic) bond motifs is 1. The first-order valence-electron chi connectivity index (χ1n) is 12.1. The molecule has 0 aliphatic carbocycles. The van der Waals surface area contributed by atoms with Gasteiger partial charge in [-0.1, -0.05) is 18.2 Å². The molecule has 1 aliphatic heterocycles. The summed E-state index contributed by atoms with van der Waals surface area (Å²) >= 11 is 0. The number of rotatable bonds is 5. The maximum Gasteiger partial charge on any atom is 0.259 e. The van der Waals surface area contributed by atoms with E-state index < -0.39 is 0 Å². The van der Waals surface area contributed by atoms with Gasteiger partial charge in [-0.05, 0) is 100.0 Å². The Labute approximate surface area is 200 Å². The van der Waals surface area contributed by atoms with Gasteiger partial charge in [0, 0.05) is 23.6 Å². The van der Waals surface area contributed by atoms with Gasteiger partial charge in [0.2, 0.25) is 0 Å². The van der Waals surface area contributed by atoms with Crippen LogP contribution in [0.3, 0.4) is 0 Å². The Kier molecular flexibility index (Phi) is 6.16. The third-order valence-electron chi connectivity index (χ3n) is 6.81. The topological polar surface area (TPSA) is 73.9 Å². The Morgan fingerprint density at radius 2 is 1.76 bits per heavy atom. The van der Waals surface area contributed by atoms with Gasteiger partial charge in [0.15, 0.2) is 0 Å². The van der Waals surface area contributed by atoms with Crippen molar-refractivity contribution in [3.63, 3.8) is 0 Å². The summed E-state index contributed by atoms with van der Waals surface area (Å²) in [6.07, 6.45) is 4.05. The molecule has 0 amide bonds. The van der Waals surface area contributed by atoms with Gasteiger partial charge >= 0.3 is 0 Å². The van der Waals surface area contributed by atoms with Crippen LogP contribution in [0.25, 0.3) is 22.2 Å². The van der Waals surface area contributed by atoms with Gasteiger partial charge < -0.3 is 15.2 Å². The highest BCUT2D eigenvalue weighted by atomic mass is 16.1. The fourth-order valence-corrected chi connectivity index (χ4v) is 4.85. The Bertz CT molecular complexity index is 1350. The van der Waals surface area contributed by atoms with E-state index in [4.69, 9.17) is 4.98 Å². The van der Waals surface area contributed by atoms with Crippen molar-refractivity contribution in [2.75, 3.05) is 18.4 Å². The molecule has 4 heterocycles. The molecule has 6 heteroatoms. The lowest BCUT2D eigenvalue weighted by atomic mass is 9.89. The molecular weight excluding hydrogens is 422 g/mol. The van der Waals surface area contributed by atoms with E-state index in [0.29, 0.717) is 23.2 Å². The van der Waals surface area contributed by atoms with Crippen molar-refractivity contribution < 1.29 is 0 Å². The van der Waals surface area contributed by atoms with Gasteiger partial charge in [0.05, 0.1) is 16.8 Å². The Balaban J connectivity index is 1.44. The maximum atomic E-state index is 12.7. The number of aromatic amines is 1. The fraction of sp³-hybridized carbons (Fsp3) is 0.321. The van der Waals surface area contributed by atoms with Crippen LogP contribution >= 0.6 is 0 Å². The molecule has 34 heavy (non-hydrogen) atoms. The van der Waals surface area contributed by atoms with Crippen molar-refractivity contribution in [3.05, 3.63) is 82.4 Å². The van der Waals surface area contributed by atoms with E-state index in [1.54, 1.807) is 6.20 Å². The average Bonchev–Trinajstić information content (AvgIpc) is 2.84. The molecule has 1 aliphatic rings. The van der Waals surface area contributed by atoms with E-state index in [0.717, 1.165) is 41.2 Å². The predicted molar refractivity (Wildman–Crippen MR) is 139 cm³/mol. The zero-order valence-corrected chi connectivity index (χ0v) is 20.0. The molecule has 0 saturated carbocycles. The first-order valence-corrected chi connectivity index (χ1v) is 12.1. The van der Waals surface area contributed by atoms with E-state index >= 15 is 0 Å². The van der Waals surface area contributed by atoms with Crippen LogP contribution in [0.5, 0.6) is 0 Å². The molecule has 0 atom stereocenters. The van der Waals surface area contributed by atoms with Crippen molar-refractivity contribution >= 4 is 22.3 Å². The lowest BCUT2D eigenvalue weighted by molar-refractivity contribution is 0.172. The number of pyridine rings is 3. The van der Waals surface area contributed by atoms with Crippen LogP contribution in [0.4, 0.5) is 11.5 Å². The van der Waals surface area contributed by atoms with Gasteiger partial charge in [-0.25, -0.2) is 4.98 Å². The van der Waals surface area contributed by atoms with Gasteiger partial charge in [0.25, 0.3) is 5.56 Å². The molecule has 0 spiro atoms. The van der Waals surface area contributed by atoms with Crippen LogP contribution in [0, 0.1) is 6.92 Å². The van der Waals surface area contributed by atoms with Gasteiger partial charge in [-0.3, -0.25) is 9.78 Å². The molecule has 5 rings (SSSR count). The third-order valence-corrected chi connectivity index (χ3v) is 6.81. The number of H-pyrrole nitrogens is 1. The second-order valence-electron chi connectivity index (χ2n) is 9.44. The van der Waals surface area contributed by atoms with E-state index in [2.05, 4.69) is 58.3 Å². The minimum atomic E-state index is -0.162. The molecule has 4 aromatic rings. The summed E-state index contributed by atoms with van der Waals surface area (Å²) in [6, 6.07) is 18.9. The largest absolute Gasteiger partial charge is 0.340 e. The van der Waals surface area contributed by atoms with Crippen molar-refractivity contribution in [3.8, 4) is 11.4 Å². The van der Waals surface area contributed by atoms with E-state index in [-0.39, 0.29) is 5.56 Å². The summed E-state index contributed by atoms with van der Waals surface area (Å²) in [5.74, 6) is 1.14. The van der Waals surface area contributed by atoms with Crippen LogP contribution in [-0.4, -0.2) is 39.0 Å². The smallest absolute Gasteiger partial charge is 0.259 e. The number of likely N-dealkylation sites (tertiary alicyclic amines) is 1. The quantitative estimate of drug-likeness (QED) is 0.410. The van der Waals surface area contributed by atoms with Gasteiger partial charge in [-0.2, -0.15) is 0 Å². The van der Waals surface area contributed by atoms with E-state index in [9.17, 15) is 4.79 Å². The number of hydrogen-bond donors (Lipinski definition) is 2. The fourth-order valence-electron chi connectivity index (χ4n) is 4.85. The molecule has 3 aromatic heterocycles. The Morgan fingerprint density at radius 3 is 2.47 bits per heavy atom. The van der Waals surface area contributed by atoms with Crippen LogP contribution in [0.15, 0.2) is 65.6 Å². The first-order chi connectivity index (χ1) is 16.5. The van der Waals surface area contributed by atoms with E-state index in [1.165, 1.54) is 18.4 Å². The number of piperidine rings is 1. The minimum absolute atomic E-state index is 0.162. The highest BCUT2D eigenvalue weighted by Crippen LogP contribution is 2.31. The third kappa shape index (κ3) is 4.59. The second kappa shape index (κ2) is 9.39. The van der Waals surface area contributed by atoms with Crippen LogP contribution in [-0.2, 0) is 0 Å². The summed E-state index contributed by atoms with van der Waals surface area (Å²) in [4.78, 5) is 27.4. The van der Waals surface area contributed by atoms with E-state index in [1.807, 2.05) is 37.3 Å². The SMILES string of the molecule is Cc1cccc(-c2cc3cc[nH]c(=O)c3c(Nc3ccc(C4CCN(C(C)C)CC4)cc3)n2)n1. The van der Waals surface area contributed by atoms with Gasteiger partial charge in [0.1, 0.15) is 5.82 Å². The summed E-state index contributed by atoms with van der Waals surface area (Å²) in [5, 5.41) is 4.77. The first kappa shape index (κ1) is 22.3. The lowest BCUT2D eigenvalue weighted by Gasteiger charge is -2.34. The molecule has 0 radical (unpaired) electrons. The molecule has 1 saturated heterocycles. The van der Waals surface area contributed by atoms with Crippen LogP contribution in [0.1, 0.15) is 43.9 Å². The average molecular weight is 454 g/mol. The standard InChI is InChI=1S/C28H31N5O/c1-18(2)33-15-12-21(13-16-33)20-7-9-23(10-8-20)31-27-26-22(11-14-29-28(26)34)17-25(32-27)24-6-4-5-19(3)30-24/h4-11,14,17-18,21H,12-13,15-16H2,1-3H3,(H,29,34)(H,31,32). The highest BCUT2D eigenvalue weighted by Gasteiger charge is 2.22.